The molecule has 0 saturated carbocycles. The van der Waals surface area contributed by atoms with Crippen molar-refractivity contribution in [3.8, 4) is 11.5 Å². The van der Waals surface area contributed by atoms with Gasteiger partial charge in [-0.2, -0.15) is 0 Å². The molecule has 0 spiro atoms. The summed E-state index contributed by atoms with van der Waals surface area (Å²) in [4.78, 5) is 31.8. The van der Waals surface area contributed by atoms with Crippen molar-refractivity contribution in [2.75, 3.05) is 26.5 Å². The van der Waals surface area contributed by atoms with E-state index in [1.807, 2.05) is 35.2 Å². The number of thioether (sulfide) groups is 1. The summed E-state index contributed by atoms with van der Waals surface area (Å²) in [5.41, 5.74) is 2.77. The van der Waals surface area contributed by atoms with E-state index in [1.165, 1.54) is 21.9 Å². The summed E-state index contributed by atoms with van der Waals surface area (Å²) in [6, 6.07) is 11.2. The number of ether oxygens (including phenoxy) is 2. The van der Waals surface area contributed by atoms with Crippen LogP contribution in [-0.2, 0) is 24.8 Å². The summed E-state index contributed by atoms with van der Waals surface area (Å²) >= 11 is 1.29. The quantitative estimate of drug-likeness (QED) is 0.462. The van der Waals surface area contributed by atoms with Gasteiger partial charge < -0.3 is 14.4 Å². The lowest BCUT2D eigenvalue weighted by atomic mass is 9.99. The van der Waals surface area contributed by atoms with E-state index >= 15 is 0 Å². The van der Waals surface area contributed by atoms with Gasteiger partial charge in [-0.25, -0.2) is 4.98 Å². The largest absolute Gasteiger partial charge is 0.493 e. The molecular weight excluding hydrogens is 402 g/mol. The van der Waals surface area contributed by atoms with Crippen molar-refractivity contribution in [3.05, 3.63) is 57.9 Å². The van der Waals surface area contributed by atoms with Crippen LogP contribution in [0.15, 0.2) is 46.3 Å². The highest BCUT2D eigenvalue weighted by Crippen LogP contribution is 2.33. The maximum Gasteiger partial charge on any atom is 0.261 e. The molecule has 2 aromatic carbocycles. The van der Waals surface area contributed by atoms with Gasteiger partial charge in [0.25, 0.3) is 5.56 Å². The molecule has 30 heavy (non-hydrogen) atoms. The molecule has 156 valence electrons. The normalized spacial score (nSPS) is 13.2. The molecule has 8 heteroatoms. The minimum atomic E-state index is -0.108. The number of carbonyl (C=O) groups excluding carboxylic acids is 1. The Kier molecular flexibility index (Phi) is 5.67. The van der Waals surface area contributed by atoms with E-state index in [-0.39, 0.29) is 17.2 Å². The van der Waals surface area contributed by atoms with Crippen LogP contribution in [0.1, 0.15) is 11.1 Å². The van der Waals surface area contributed by atoms with Crippen molar-refractivity contribution < 1.29 is 14.3 Å². The molecule has 7 nitrogen and oxygen atoms in total. The van der Waals surface area contributed by atoms with Gasteiger partial charge in [0.05, 0.1) is 30.9 Å². The molecular formula is C22H23N3O4S. The first-order chi connectivity index (χ1) is 14.5. The number of nitrogens with zero attached hydrogens (tertiary/aromatic N) is 3. The average molecular weight is 426 g/mol. The number of aromatic nitrogens is 2. The van der Waals surface area contributed by atoms with Gasteiger partial charge in [-0.3, -0.25) is 14.2 Å². The van der Waals surface area contributed by atoms with Crippen molar-refractivity contribution in [2.24, 2.45) is 7.05 Å². The fourth-order valence-corrected chi connectivity index (χ4v) is 4.51. The number of amides is 1. The topological polar surface area (TPSA) is 73.7 Å². The standard InChI is InChI=1S/C22H23N3O4S/c1-24-21(27)16-6-4-5-7-17(16)23-22(24)30-13-20(26)25-9-8-14-10-18(28-2)19(29-3)11-15(14)12-25/h4-7,10-11H,8-9,12-13H2,1-3H3. The number of fused-ring (bicyclic) bond motifs is 2. The van der Waals surface area contributed by atoms with Gasteiger partial charge in [0.2, 0.25) is 5.91 Å². The Labute approximate surface area is 178 Å². The summed E-state index contributed by atoms with van der Waals surface area (Å²) in [6.45, 7) is 1.17. The summed E-state index contributed by atoms with van der Waals surface area (Å²) in [6.07, 6.45) is 0.763. The van der Waals surface area contributed by atoms with E-state index in [0.717, 1.165) is 12.0 Å². The molecule has 0 unspecified atom stereocenters. The molecule has 1 aromatic heterocycles. The number of carbonyl (C=O) groups is 1. The third-order valence-electron chi connectivity index (χ3n) is 5.34. The molecule has 1 amide bonds. The molecule has 0 radical (unpaired) electrons. The Bertz CT molecular complexity index is 1170. The number of hydrogen-bond donors (Lipinski definition) is 0. The van der Waals surface area contributed by atoms with Crippen LogP contribution in [0.2, 0.25) is 0 Å². The Morgan fingerprint density at radius 2 is 1.83 bits per heavy atom. The molecule has 4 rings (SSSR count). The fraction of sp³-hybridized carbons (Fsp3) is 0.318. The van der Waals surface area contributed by atoms with Crippen molar-refractivity contribution in [1.29, 1.82) is 0 Å². The Morgan fingerprint density at radius 1 is 1.13 bits per heavy atom. The van der Waals surface area contributed by atoms with Crippen molar-refractivity contribution in [2.45, 2.75) is 18.1 Å². The second kappa shape index (κ2) is 8.39. The molecule has 0 saturated heterocycles. The monoisotopic (exact) mass is 425 g/mol. The lowest BCUT2D eigenvalue weighted by Gasteiger charge is -2.29. The number of methoxy groups -OCH3 is 2. The smallest absolute Gasteiger partial charge is 0.261 e. The minimum absolute atomic E-state index is 0.0165. The van der Waals surface area contributed by atoms with Crippen molar-refractivity contribution in [1.82, 2.24) is 14.5 Å². The molecule has 1 aliphatic rings. The second-order valence-corrected chi connectivity index (χ2v) is 8.05. The Hall–Kier alpha value is -3.00. The summed E-state index contributed by atoms with van der Waals surface area (Å²) in [7, 11) is 4.91. The molecule has 0 atom stereocenters. The van der Waals surface area contributed by atoms with Crippen LogP contribution >= 0.6 is 11.8 Å². The third kappa shape index (κ3) is 3.75. The number of hydrogen-bond acceptors (Lipinski definition) is 6. The Morgan fingerprint density at radius 3 is 2.57 bits per heavy atom. The minimum Gasteiger partial charge on any atom is -0.493 e. The first-order valence-electron chi connectivity index (χ1n) is 9.62. The highest BCUT2D eigenvalue weighted by atomic mass is 32.2. The lowest BCUT2D eigenvalue weighted by Crippen LogP contribution is -2.37. The van der Waals surface area contributed by atoms with E-state index in [0.29, 0.717) is 40.6 Å². The predicted molar refractivity (Wildman–Crippen MR) is 116 cm³/mol. The van der Waals surface area contributed by atoms with Gasteiger partial charge >= 0.3 is 0 Å². The van der Waals surface area contributed by atoms with Crippen LogP contribution in [0.3, 0.4) is 0 Å². The van der Waals surface area contributed by atoms with Gasteiger partial charge in [0.15, 0.2) is 16.7 Å². The van der Waals surface area contributed by atoms with Crippen LogP contribution in [0.5, 0.6) is 11.5 Å². The highest BCUT2D eigenvalue weighted by molar-refractivity contribution is 7.99. The molecule has 0 bridgehead atoms. The zero-order chi connectivity index (χ0) is 21.3. The van der Waals surface area contributed by atoms with Gasteiger partial charge in [0.1, 0.15) is 0 Å². The number of rotatable bonds is 5. The summed E-state index contributed by atoms with van der Waals surface area (Å²) in [5.74, 6) is 1.61. The van der Waals surface area contributed by atoms with Gasteiger partial charge in [-0.1, -0.05) is 23.9 Å². The number of benzene rings is 2. The number of para-hydroxylation sites is 1. The first-order valence-corrected chi connectivity index (χ1v) is 10.6. The van der Waals surface area contributed by atoms with E-state index < -0.39 is 0 Å². The van der Waals surface area contributed by atoms with Crippen LogP contribution < -0.4 is 15.0 Å². The van der Waals surface area contributed by atoms with Crippen LogP contribution in [0.4, 0.5) is 0 Å². The predicted octanol–water partition coefficient (Wildman–Crippen LogP) is 2.63. The van der Waals surface area contributed by atoms with Gasteiger partial charge in [-0.15, -0.1) is 0 Å². The molecule has 2 heterocycles. The third-order valence-corrected chi connectivity index (χ3v) is 6.35. The zero-order valence-corrected chi connectivity index (χ0v) is 18.0. The average Bonchev–Trinajstić information content (AvgIpc) is 2.78. The van der Waals surface area contributed by atoms with Crippen molar-refractivity contribution in [3.63, 3.8) is 0 Å². The maximum atomic E-state index is 12.9. The van der Waals surface area contributed by atoms with Crippen molar-refractivity contribution >= 4 is 28.6 Å². The van der Waals surface area contributed by atoms with E-state index in [4.69, 9.17) is 9.47 Å². The van der Waals surface area contributed by atoms with Gasteiger partial charge in [0, 0.05) is 20.1 Å². The van der Waals surface area contributed by atoms with Crippen LogP contribution in [-0.4, -0.2) is 46.9 Å². The van der Waals surface area contributed by atoms with E-state index in [1.54, 1.807) is 27.3 Å². The zero-order valence-electron chi connectivity index (χ0n) is 17.2. The van der Waals surface area contributed by atoms with E-state index in [9.17, 15) is 9.59 Å². The summed E-state index contributed by atoms with van der Waals surface area (Å²) in [5, 5.41) is 1.11. The molecule has 0 aliphatic carbocycles. The highest BCUT2D eigenvalue weighted by Gasteiger charge is 2.23. The second-order valence-electron chi connectivity index (χ2n) is 7.11. The maximum absolute atomic E-state index is 12.9. The molecule has 0 fully saturated rings. The fourth-order valence-electron chi connectivity index (χ4n) is 3.64. The van der Waals surface area contributed by atoms with Gasteiger partial charge in [-0.05, 0) is 41.8 Å². The van der Waals surface area contributed by atoms with E-state index in [2.05, 4.69) is 4.98 Å². The Balaban J connectivity index is 1.49. The molecule has 0 N–H and O–H groups in total. The lowest BCUT2D eigenvalue weighted by molar-refractivity contribution is -0.129. The van der Waals surface area contributed by atoms with Crippen LogP contribution in [0, 0.1) is 0 Å². The molecule has 1 aliphatic heterocycles. The SMILES string of the molecule is COc1cc2c(cc1OC)CN(C(=O)CSc1nc3ccccc3c(=O)n1C)CC2. The summed E-state index contributed by atoms with van der Waals surface area (Å²) < 4.78 is 12.3. The first kappa shape index (κ1) is 20.3. The van der Waals surface area contributed by atoms with Crippen LogP contribution in [0.25, 0.3) is 10.9 Å². The molecule has 3 aromatic rings.